The SMILES string of the molecule is CC(C)(C)c1noc(CSc2ncnc3sc(-c4ccccc4)cc23)n1. The average molecular weight is 383 g/mol. The molecule has 0 unspecified atom stereocenters. The predicted molar refractivity (Wildman–Crippen MR) is 105 cm³/mol. The highest BCUT2D eigenvalue weighted by atomic mass is 32.2. The van der Waals surface area contributed by atoms with Gasteiger partial charge in [-0.15, -0.1) is 11.3 Å². The van der Waals surface area contributed by atoms with Crippen LogP contribution in [0.25, 0.3) is 20.7 Å². The molecule has 4 aromatic rings. The Morgan fingerprint density at radius 2 is 1.92 bits per heavy atom. The quantitative estimate of drug-likeness (QED) is 0.351. The van der Waals surface area contributed by atoms with Gasteiger partial charge < -0.3 is 4.52 Å². The number of thiophene rings is 1. The maximum Gasteiger partial charge on any atom is 0.237 e. The molecule has 0 spiro atoms. The van der Waals surface area contributed by atoms with Crippen LogP contribution in [0.15, 0.2) is 52.3 Å². The predicted octanol–water partition coefficient (Wildman–Crippen LogP) is 5.33. The summed E-state index contributed by atoms with van der Waals surface area (Å²) in [6.07, 6.45) is 1.62. The van der Waals surface area contributed by atoms with Gasteiger partial charge in [0.25, 0.3) is 0 Å². The number of aromatic nitrogens is 4. The number of benzene rings is 1. The van der Waals surface area contributed by atoms with E-state index in [0.717, 1.165) is 21.1 Å². The van der Waals surface area contributed by atoms with Crippen LogP contribution < -0.4 is 0 Å². The molecule has 4 rings (SSSR count). The lowest BCUT2D eigenvalue weighted by Crippen LogP contribution is -2.13. The van der Waals surface area contributed by atoms with E-state index >= 15 is 0 Å². The van der Waals surface area contributed by atoms with Gasteiger partial charge in [0.1, 0.15) is 16.2 Å². The second-order valence-electron chi connectivity index (χ2n) is 6.92. The third-order valence-corrected chi connectivity index (χ3v) is 5.90. The smallest absolute Gasteiger partial charge is 0.237 e. The third kappa shape index (κ3) is 3.50. The molecule has 1 aromatic carbocycles. The molecular weight excluding hydrogens is 364 g/mol. The first-order valence-electron chi connectivity index (χ1n) is 8.26. The first-order valence-corrected chi connectivity index (χ1v) is 10.1. The molecule has 7 heteroatoms. The Labute approximate surface area is 159 Å². The number of nitrogens with zero attached hydrogens (tertiary/aromatic N) is 4. The van der Waals surface area contributed by atoms with Gasteiger partial charge in [-0.25, -0.2) is 9.97 Å². The summed E-state index contributed by atoms with van der Waals surface area (Å²) in [5.74, 6) is 1.93. The summed E-state index contributed by atoms with van der Waals surface area (Å²) in [6.45, 7) is 6.21. The van der Waals surface area contributed by atoms with Crippen molar-refractivity contribution in [3.63, 3.8) is 0 Å². The minimum absolute atomic E-state index is 0.119. The Morgan fingerprint density at radius 1 is 1.12 bits per heavy atom. The second-order valence-corrected chi connectivity index (χ2v) is 8.92. The van der Waals surface area contributed by atoms with Gasteiger partial charge >= 0.3 is 0 Å². The molecule has 132 valence electrons. The first-order chi connectivity index (χ1) is 12.5. The normalized spacial score (nSPS) is 12.0. The summed E-state index contributed by atoms with van der Waals surface area (Å²) < 4.78 is 5.38. The molecule has 0 saturated carbocycles. The van der Waals surface area contributed by atoms with Crippen LogP contribution in [0.5, 0.6) is 0 Å². The zero-order valence-corrected chi connectivity index (χ0v) is 16.4. The number of hydrogen-bond acceptors (Lipinski definition) is 7. The van der Waals surface area contributed by atoms with Gasteiger partial charge in [0, 0.05) is 15.7 Å². The van der Waals surface area contributed by atoms with E-state index in [1.54, 1.807) is 29.4 Å². The topological polar surface area (TPSA) is 64.7 Å². The fraction of sp³-hybridized carbons (Fsp3) is 0.263. The third-order valence-electron chi connectivity index (χ3n) is 3.82. The Bertz CT molecular complexity index is 1030. The van der Waals surface area contributed by atoms with E-state index in [1.807, 2.05) is 18.2 Å². The van der Waals surface area contributed by atoms with E-state index in [0.29, 0.717) is 11.6 Å². The van der Waals surface area contributed by atoms with Crippen molar-refractivity contribution in [3.05, 3.63) is 54.4 Å². The summed E-state index contributed by atoms with van der Waals surface area (Å²) in [7, 11) is 0. The Morgan fingerprint density at radius 3 is 2.65 bits per heavy atom. The Balaban J connectivity index is 1.59. The van der Waals surface area contributed by atoms with Crippen LogP contribution in [-0.4, -0.2) is 20.1 Å². The summed E-state index contributed by atoms with van der Waals surface area (Å²) in [4.78, 5) is 15.5. The van der Waals surface area contributed by atoms with Gasteiger partial charge in [0.15, 0.2) is 5.82 Å². The maximum absolute atomic E-state index is 5.38. The fourth-order valence-corrected chi connectivity index (χ4v) is 4.32. The van der Waals surface area contributed by atoms with Crippen LogP contribution in [0.4, 0.5) is 0 Å². The molecule has 0 aliphatic rings. The molecule has 0 bridgehead atoms. The first kappa shape index (κ1) is 17.2. The molecule has 0 fully saturated rings. The lowest BCUT2D eigenvalue weighted by molar-refractivity contribution is 0.373. The minimum atomic E-state index is -0.119. The zero-order valence-electron chi connectivity index (χ0n) is 14.8. The van der Waals surface area contributed by atoms with Crippen molar-refractivity contribution in [2.45, 2.75) is 37.0 Å². The van der Waals surface area contributed by atoms with Gasteiger partial charge in [-0.2, -0.15) is 4.98 Å². The molecule has 0 saturated heterocycles. The van der Waals surface area contributed by atoms with E-state index in [9.17, 15) is 0 Å². The highest BCUT2D eigenvalue weighted by Crippen LogP contribution is 2.36. The van der Waals surface area contributed by atoms with Crippen LogP contribution in [0.1, 0.15) is 32.5 Å². The van der Waals surface area contributed by atoms with E-state index in [1.165, 1.54) is 10.4 Å². The average Bonchev–Trinajstić information content (AvgIpc) is 3.27. The van der Waals surface area contributed by atoms with Crippen molar-refractivity contribution in [1.82, 2.24) is 20.1 Å². The molecule has 0 amide bonds. The lowest BCUT2D eigenvalue weighted by Gasteiger charge is -2.10. The van der Waals surface area contributed by atoms with Crippen LogP contribution in [-0.2, 0) is 11.2 Å². The maximum atomic E-state index is 5.38. The summed E-state index contributed by atoms with van der Waals surface area (Å²) >= 11 is 3.27. The van der Waals surface area contributed by atoms with Crippen LogP contribution >= 0.6 is 23.1 Å². The highest BCUT2D eigenvalue weighted by molar-refractivity contribution is 7.98. The lowest BCUT2D eigenvalue weighted by atomic mass is 9.96. The van der Waals surface area contributed by atoms with E-state index in [4.69, 9.17) is 4.52 Å². The number of fused-ring (bicyclic) bond motifs is 1. The summed E-state index contributed by atoms with van der Waals surface area (Å²) in [6, 6.07) is 12.5. The van der Waals surface area contributed by atoms with Crippen molar-refractivity contribution in [1.29, 1.82) is 0 Å². The van der Waals surface area contributed by atoms with Gasteiger partial charge in [-0.05, 0) is 11.6 Å². The molecule has 3 aromatic heterocycles. The van der Waals surface area contributed by atoms with Crippen molar-refractivity contribution in [2.24, 2.45) is 0 Å². The van der Waals surface area contributed by atoms with E-state index in [2.05, 4.69) is 59.1 Å². The molecular formula is C19H18N4OS2. The van der Waals surface area contributed by atoms with Crippen LogP contribution in [0.3, 0.4) is 0 Å². The monoisotopic (exact) mass is 382 g/mol. The number of thioether (sulfide) groups is 1. The molecule has 0 atom stereocenters. The standard InChI is InChI=1S/C19H18N4OS2/c1-19(2,3)18-22-15(24-23-18)10-25-16-13-9-14(12-7-5-4-6-8-12)26-17(13)21-11-20-16/h4-9,11H,10H2,1-3H3. The van der Waals surface area contributed by atoms with Gasteiger partial charge in [-0.3, -0.25) is 0 Å². The van der Waals surface area contributed by atoms with Crippen molar-refractivity contribution in [3.8, 4) is 10.4 Å². The second kappa shape index (κ2) is 6.81. The molecule has 0 aliphatic carbocycles. The van der Waals surface area contributed by atoms with Gasteiger partial charge in [0.05, 0.1) is 5.75 Å². The van der Waals surface area contributed by atoms with Crippen molar-refractivity contribution < 1.29 is 4.52 Å². The minimum Gasteiger partial charge on any atom is -0.338 e. The molecule has 3 heterocycles. The van der Waals surface area contributed by atoms with E-state index in [-0.39, 0.29) is 5.41 Å². The van der Waals surface area contributed by atoms with Crippen molar-refractivity contribution >= 4 is 33.3 Å². The number of rotatable bonds is 4. The highest BCUT2D eigenvalue weighted by Gasteiger charge is 2.21. The van der Waals surface area contributed by atoms with Gasteiger partial charge in [-0.1, -0.05) is 68.0 Å². The van der Waals surface area contributed by atoms with E-state index < -0.39 is 0 Å². The fourth-order valence-electron chi connectivity index (χ4n) is 2.44. The summed E-state index contributed by atoms with van der Waals surface area (Å²) in [5, 5.41) is 6.08. The van der Waals surface area contributed by atoms with Gasteiger partial charge in [0.2, 0.25) is 5.89 Å². The van der Waals surface area contributed by atoms with Crippen LogP contribution in [0.2, 0.25) is 0 Å². The largest absolute Gasteiger partial charge is 0.338 e. The zero-order chi connectivity index (χ0) is 18.1. The molecule has 5 nitrogen and oxygen atoms in total. The Kier molecular flexibility index (Phi) is 4.50. The Hall–Kier alpha value is -2.25. The molecule has 26 heavy (non-hydrogen) atoms. The van der Waals surface area contributed by atoms with Crippen molar-refractivity contribution in [2.75, 3.05) is 0 Å². The number of hydrogen-bond donors (Lipinski definition) is 0. The molecule has 0 aliphatic heterocycles. The summed E-state index contributed by atoms with van der Waals surface area (Å²) in [5.41, 5.74) is 1.07. The molecule has 0 N–H and O–H groups in total. The van der Waals surface area contributed by atoms with Crippen LogP contribution in [0, 0.1) is 0 Å². The molecule has 0 radical (unpaired) electrons.